The zero-order valence-corrected chi connectivity index (χ0v) is 14.9. The minimum Gasteiger partial charge on any atom is -0.481 e. The van der Waals surface area contributed by atoms with E-state index in [0.29, 0.717) is 24.2 Å². The van der Waals surface area contributed by atoms with Crippen molar-refractivity contribution in [2.45, 2.75) is 23.5 Å². The van der Waals surface area contributed by atoms with Crippen LogP contribution in [0.15, 0.2) is 23.1 Å². The number of thioether (sulfide) groups is 1. The van der Waals surface area contributed by atoms with Gasteiger partial charge in [-0.3, -0.25) is 14.4 Å². The predicted molar refractivity (Wildman–Crippen MR) is 92.9 cm³/mol. The molecule has 0 spiro atoms. The molecule has 7 nitrogen and oxygen atoms in total. The Hall–Kier alpha value is -2.06. The molecule has 2 atom stereocenters. The number of hydrogen-bond acceptors (Lipinski definition) is 5. The molecule has 25 heavy (non-hydrogen) atoms. The molecule has 1 aromatic rings. The zero-order chi connectivity index (χ0) is 18.2. The van der Waals surface area contributed by atoms with Gasteiger partial charge in [0.15, 0.2) is 0 Å². The highest BCUT2D eigenvalue weighted by atomic mass is 32.2. The van der Waals surface area contributed by atoms with Gasteiger partial charge in [-0.1, -0.05) is 0 Å². The monoisotopic (exact) mass is 364 g/mol. The summed E-state index contributed by atoms with van der Waals surface area (Å²) in [5.41, 5.74) is 0.00493. The Balaban J connectivity index is 1.79. The number of rotatable bonds is 4. The van der Waals surface area contributed by atoms with E-state index in [2.05, 4.69) is 5.32 Å². The highest BCUT2D eigenvalue weighted by molar-refractivity contribution is 8.00. The van der Waals surface area contributed by atoms with E-state index in [4.69, 9.17) is 4.74 Å². The number of carboxylic acid groups (broad SMARTS) is 1. The van der Waals surface area contributed by atoms with E-state index in [1.807, 2.05) is 13.0 Å². The molecule has 1 saturated heterocycles. The van der Waals surface area contributed by atoms with Crippen LogP contribution in [0.5, 0.6) is 0 Å². The van der Waals surface area contributed by atoms with Crippen LogP contribution < -0.4 is 5.32 Å². The molecule has 3 rings (SSSR count). The van der Waals surface area contributed by atoms with Gasteiger partial charge in [0.1, 0.15) is 5.41 Å². The van der Waals surface area contributed by atoms with Gasteiger partial charge in [0.05, 0.1) is 17.5 Å². The van der Waals surface area contributed by atoms with E-state index in [1.54, 1.807) is 12.1 Å². The first-order chi connectivity index (χ1) is 11.9. The quantitative estimate of drug-likeness (QED) is 0.844. The summed E-state index contributed by atoms with van der Waals surface area (Å²) in [5.74, 6) is -1.28. The molecule has 2 heterocycles. The van der Waals surface area contributed by atoms with Crippen molar-refractivity contribution >= 4 is 35.2 Å². The van der Waals surface area contributed by atoms with Crippen LogP contribution >= 0.6 is 11.8 Å². The highest BCUT2D eigenvalue weighted by Crippen LogP contribution is 2.37. The molecule has 0 saturated carbocycles. The first-order valence-corrected chi connectivity index (χ1v) is 8.87. The lowest BCUT2D eigenvalue weighted by Crippen LogP contribution is -2.40. The normalized spacial score (nSPS) is 25.4. The van der Waals surface area contributed by atoms with E-state index < -0.39 is 11.4 Å². The Morgan fingerprint density at radius 1 is 1.48 bits per heavy atom. The van der Waals surface area contributed by atoms with Gasteiger partial charge < -0.3 is 20.1 Å². The molecular weight excluding hydrogens is 344 g/mol. The minimum absolute atomic E-state index is 0.0703. The third-order valence-corrected chi connectivity index (χ3v) is 5.85. The first-order valence-electron chi connectivity index (χ1n) is 7.99. The topological polar surface area (TPSA) is 95.9 Å². The van der Waals surface area contributed by atoms with Crippen LogP contribution in [0.4, 0.5) is 5.69 Å². The zero-order valence-electron chi connectivity index (χ0n) is 14.1. The van der Waals surface area contributed by atoms with Gasteiger partial charge in [-0.25, -0.2) is 0 Å². The summed E-state index contributed by atoms with van der Waals surface area (Å²) in [6.45, 7) is 2.38. The third kappa shape index (κ3) is 3.23. The number of anilines is 1. The van der Waals surface area contributed by atoms with Crippen LogP contribution in [0, 0.1) is 5.41 Å². The standard InChI is InChI=1S/C17H20N2O5S/c1-10-14(20)18-12-7-11(3-4-13(12)25-10)15(21)19-6-5-17(8-19,9-24-2)16(22)23/h3-4,7,10H,5-6,8-9H2,1-2H3,(H,18,20)(H,22,23). The number of carbonyl (C=O) groups is 3. The molecule has 0 aromatic heterocycles. The van der Waals surface area contributed by atoms with Crippen molar-refractivity contribution in [2.75, 3.05) is 32.1 Å². The largest absolute Gasteiger partial charge is 0.481 e. The first kappa shape index (κ1) is 17.8. The molecule has 2 aliphatic heterocycles. The van der Waals surface area contributed by atoms with Crippen molar-refractivity contribution in [1.29, 1.82) is 0 Å². The number of likely N-dealkylation sites (tertiary alicyclic amines) is 1. The lowest BCUT2D eigenvalue weighted by molar-refractivity contribution is -0.151. The van der Waals surface area contributed by atoms with E-state index in [9.17, 15) is 19.5 Å². The Kier molecular flexibility index (Phi) is 4.75. The van der Waals surface area contributed by atoms with Crippen molar-refractivity contribution in [3.8, 4) is 0 Å². The molecule has 2 aliphatic rings. The molecule has 134 valence electrons. The van der Waals surface area contributed by atoms with Gasteiger partial charge in [-0.15, -0.1) is 11.8 Å². The van der Waals surface area contributed by atoms with Crippen molar-refractivity contribution in [3.63, 3.8) is 0 Å². The molecule has 0 aliphatic carbocycles. The number of benzene rings is 1. The van der Waals surface area contributed by atoms with E-state index in [1.165, 1.54) is 23.8 Å². The van der Waals surface area contributed by atoms with E-state index >= 15 is 0 Å². The average Bonchev–Trinajstić information content (AvgIpc) is 3.01. The highest BCUT2D eigenvalue weighted by Gasteiger charge is 2.46. The molecule has 1 aromatic carbocycles. The van der Waals surface area contributed by atoms with Crippen LogP contribution in [0.2, 0.25) is 0 Å². The lowest BCUT2D eigenvalue weighted by atomic mass is 9.88. The summed E-state index contributed by atoms with van der Waals surface area (Å²) in [7, 11) is 1.46. The smallest absolute Gasteiger partial charge is 0.313 e. The molecule has 2 amide bonds. The predicted octanol–water partition coefficient (Wildman–Crippen LogP) is 1.68. The number of aliphatic carboxylic acids is 1. The number of hydrogen-bond donors (Lipinski definition) is 2. The van der Waals surface area contributed by atoms with Crippen molar-refractivity contribution < 1.29 is 24.2 Å². The summed E-state index contributed by atoms with van der Waals surface area (Å²) in [5, 5.41) is 12.1. The number of fused-ring (bicyclic) bond motifs is 1. The van der Waals surface area contributed by atoms with Gasteiger partial charge in [-0.2, -0.15) is 0 Å². The number of methoxy groups -OCH3 is 1. The molecule has 0 bridgehead atoms. The number of carboxylic acids is 1. The summed E-state index contributed by atoms with van der Waals surface area (Å²) < 4.78 is 5.05. The fourth-order valence-corrected chi connectivity index (χ4v) is 4.13. The summed E-state index contributed by atoms with van der Waals surface area (Å²) >= 11 is 1.45. The van der Waals surface area contributed by atoms with Gasteiger partial charge in [0, 0.05) is 30.7 Å². The van der Waals surface area contributed by atoms with Crippen LogP contribution in [0.1, 0.15) is 23.7 Å². The molecule has 2 unspecified atom stereocenters. The van der Waals surface area contributed by atoms with Crippen LogP contribution in [-0.4, -0.2) is 59.8 Å². The molecule has 1 fully saturated rings. The number of nitrogens with one attached hydrogen (secondary N) is 1. The van der Waals surface area contributed by atoms with E-state index in [-0.39, 0.29) is 30.2 Å². The SMILES string of the molecule is COCC1(C(=O)O)CCN(C(=O)c2ccc3c(c2)NC(=O)C(C)S3)C1. The number of amides is 2. The summed E-state index contributed by atoms with van der Waals surface area (Å²) in [6, 6.07) is 5.19. The van der Waals surface area contributed by atoms with Crippen molar-refractivity contribution in [2.24, 2.45) is 5.41 Å². The van der Waals surface area contributed by atoms with Crippen LogP contribution in [0.3, 0.4) is 0 Å². The van der Waals surface area contributed by atoms with Gasteiger partial charge >= 0.3 is 5.97 Å². The third-order valence-electron chi connectivity index (χ3n) is 4.67. The summed E-state index contributed by atoms with van der Waals surface area (Å²) in [4.78, 5) is 38.7. The molecule has 8 heteroatoms. The van der Waals surface area contributed by atoms with Crippen LogP contribution in [0.25, 0.3) is 0 Å². The second-order valence-electron chi connectivity index (χ2n) is 6.46. The Morgan fingerprint density at radius 3 is 2.92 bits per heavy atom. The maximum Gasteiger partial charge on any atom is 0.313 e. The van der Waals surface area contributed by atoms with Crippen molar-refractivity contribution in [1.82, 2.24) is 4.90 Å². The second kappa shape index (κ2) is 6.68. The molecular formula is C17H20N2O5S. The molecule has 0 radical (unpaired) electrons. The van der Waals surface area contributed by atoms with Crippen LogP contribution in [-0.2, 0) is 14.3 Å². The van der Waals surface area contributed by atoms with E-state index in [0.717, 1.165) is 4.90 Å². The van der Waals surface area contributed by atoms with Gasteiger partial charge in [-0.05, 0) is 31.5 Å². The average molecular weight is 364 g/mol. The Labute approximate surface area is 149 Å². The fraction of sp³-hybridized carbons (Fsp3) is 0.471. The number of nitrogens with zero attached hydrogens (tertiary/aromatic N) is 1. The summed E-state index contributed by atoms with van der Waals surface area (Å²) in [6.07, 6.45) is 0.358. The Morgan fingerprint density at radius 2 is 2.24 bits per heavy atom. The second-order valence-corrected chi connectivity index (χ2v) is 7.84. The fourth-order valence-electron chi connectivity index (χ4n) is 3.20. The number of carbonyl (C=O) groups excluding carboxylic acids is 2. The lowest BCUT2D eigenvalue weighted by Gasteiger charge is -2.25. The molecule has 2 N–H and O–H groups in total. The van der Waals surface area contributed by atoms with Crippen molar-refractivity contribution in [3.05, 3.63) is 23.8 Å². The Bertz CT molecular complexity index is 738. The van der Waals surface area contributed by atoms with Gasteiger partial charge in [0.25, 0.3) is 5.91 Å². The van der Waals surface area contributed by atoms with Gasteiger partial charge in [0.2, 0.25) is 5.91 Å². The maximum absolute atomic E-state index is 12.8. The maximum atomic E-state index is 12.8. The minimum atomic E-state index is -1.06. The number of ether oxygens (including phenoxy) is 1.